The van der Waals surface area contributed by atoms with Crippen LogP contribution in [0, 0.1) is 0 Å². The predicted octanol–water partition coefficient (Wildman–Crippen LogP) is 1.34. The van der Waals surface area contributed by atoms with Gasteiger partial charge in [0.05, 0.1) is 6.10 Å². The van der Waals surface area contributed by atoms with Gasteiger partial charge >= 0.3 is 6.16 Å². The topological polar surface area (TPSA) is 44.8 Å². The molecule has 1 aliphatic rings. The van der Waals surface area contributed by atoms with Crippen molar-refractivity contribution >= 4 is 6.16 Å². The quantitative estimate of drug-likeness (QED) is 0.603. The van der Waals surface area contributed by atoms with Crippen molar-refractivity contribution in [3.63, 3.8) is 0 Å². The second-order valence-corrected chi connectivity index (χ2v) is 2.80. The first-order chi connectivity index (χ1) is 5.76. The Balaban J connectivity index is 2.26. The van der Waals surface area contributed by atoms with E-state index in [0.717, 1.165) is 12.8 Å². The van der Waals surface area contributed by atoms with Crippen molar-refractivity contribution in [2.45, 2.75) is 32.0 Å². The highest BCUT2D eigenvalue weighted by Gasteiger charge is 2.27. The minimum Gasteiger partial charge on any atom is -0.430 e. The highest BCUT2D eigenvalue weighted by Crippen LogP contribution is 2.14. The molecule has 0 radical (unpaired) electrons. The van der Waals surface area contributed by atoms with E-state index in [4.69, 9.17) is 9.47 Å². The van der Waals surface area contributed by atoms with Crippen LogP contribution in [0.1, 0.15) is 19.8 Å². The first kappa shape index (κ1) is 9.32. The molecule has 0 N–H and O–H groups in total. The summed E-state index contributed by atoms with van der Waals surface area (Å²) in [5.41, 5.74) is 0. The summed E-state index contributed by atoms with van der Waals surface area (Å²) in [7, 11) is 1.66. The number of carbonyl (C=O) groups is 1. The number of methoxy groups -OCH3 is 1. The first-order valence-corrected chi connectivity index (χ1v) is 4.12. The van der Waals surface area contributed by atoms with Crippen LogP contribution in [0.15, 0.2) is 0 Å². The van der Waals surface area contributed by atoms with Crippen molar-refractivity contribution < 1.29 is 19.0 Å². The van der Waals surface area contributed by atoms with Crippen molar-refractivity contribution in [1.82, 2.24) is 0 Å². The lowest BCUT2D eigenvalue weighted by Crippen LogP contribution is -2.20. The van der Waals surface area contributed by atoms with Gasteiger partial charge in [-0.25, -0.2) is 4.79 Å². The molecule has 70 valence electrons. The number of hydrogen-bond donors (Lipinski definition) is 0. The molecule has 0 spiro atoms. The van der Waals surface area contributed by atoms with Crippen LogP contribution < -0.4 is 0 Å². The highest BCUT2D eigenvalue weighted by molar-refractivity contribution is 5.61. The third kappa shape index (κ3) is 2.37. The summed E-state index contributed by atoms with van der Waals surface area (Å²) in [4.78, 5) is 10.5. The third-order valence-electron chi connectivity index (χ3n) is 1.96. The zero-order valence-corrected chi connectivity index (χ0v) is 7.41. The molecule has 0 aliphatic carbocycles. The Labute approximate surface area is 71.8 Å². The molecule has 4 nitrogen and oxygen atoms in total. The van der Waals surface area contributed by atoms with Crippen molar-refractivity contribution in [2.75, 3.05) is 13.7 Å². The van der Waals surface area contributed by atoms with Gasteiger partial charge in [0.2, 0.25) is 0 Å². The molecule has 4 heteroatoms. The van der Waals surface area contributed by atoms with E-state index in [9.17, 15) is 4.79 Å². The number of ether oxygens (including phenoxy) is 3. The molecule has 2 unspecified atom stereocenters. The fourth-order valence-corrected chi connectivity index (χ4v) is 1.20. The monoisotopic (exact) mass is 174 g/mol. The second-order valence-electron chi connectivity index (χ2n) is 2.80. The molecule has 0 saturated carbocycles. The fraction of sp³-hybridized carbons (Fsp3) is 0.875. The molecule has 0 bridgehead atoms. The maximum absolute atomic E-state index is 10.5. The van der Waals surface area contributed by atoms with Gasteiger partial charge in [-0.05, 0) is 6.42 Å². The van der Waals surface area contributed by atoms with Gasteiger partial charge in [-0.1, -0.05) is 6.92 Å². The minimum absolute atomic E-state index is 0.123. The Morgan fingerprint density at radius 2 is 2.50 bits per heavy atom. The lowest BCUT2D eigenvalue weighted by Gasteiger charge is -2.14. The summed E-state index contributed by atoms with van der Waals surface area (Å²) < 4.78 is 14.6. The largest absolute Gasteiger partial charge is 0.508 e. The molecule has 2 atom stereocenters. The van der Waals surface area contributed by atoms with Crippen molar-refractivity contribution in [1.29, 1.82) is 0 Å². The van der Waals surface area contributed by atoms with E-state index in [2.05, 4.69) is 4.74 Å². The van der Waals surface area contributed by atoms with Gasteiger partial charge < -0.3 is 14.2 Å². The predicted molar refractivity (Wildman–Crippen MR) is 41.9 cm³/mol. The van der Waals surface area contributed by atoms with Crippen LogP contribution >= 0.6 is 0 Å². The first-order valence-electron chi connectivity index (χ1n) is 4.12. The van der Waals surface area contributed by atoms with Gasteiger partial charge in [-0.2, -0.15) is 0 Å². The SMILES string of the molecule is CCC(CC1COC(=O)O1)OC. The normalized spacial score (nSPS) is 24.8. The Bertz CT molecular complexity index is 153. The van der Waals surface area contributed by atoms with E-state index in [1.807, 2.05) is 6.92 Å². The van der Waals surface area contributed by atoms with Crippen LogP contribution in [0.2, 0.25) is 0 Å². The average molecular weight is 174 g/mol. The van der Waals surface area contributed by atoms with Gasteiger partial charge in [0.15, 0.2) is 0 Å². The zero-order chi connectivity index (χ0) is 8.97. The number of carbonyl (C=O) groups excluding carboxylic acids is 1. The standard InChI is InChI=1S/C8H14O4/c1-3-6(10-2)4-7-5-11-8(9)12-7/h6-7H,3-5H2,1-2H3. The van der Waals surface area contributed by atoms with E-state index in [-0.39, 0.29) is 12.2 Å². The molecule has 12 heavy (non-hydrogen) atoms. The van der Waals surface area contributed by atoms with Gasteiger partial charge in [0.25, 0.3) is 0 Å². The van der Waals surface area contributed by atoms with Gasteiger partial charge in [0, 0.05) is 13.5 Å². The van der Waals surface area contributed by atoms with Gasteiger partial charge in [0.1, 0.15) is 12.7 Å². The molecule has 0 aromatic rings. The summed E-state index contributed by atoms with van der Waals surface area (Å²) in [6, 6.07) is 0. The van der Waals surface area contributed by atoms with Crippen LogP contribution in [-0.2, 0) is 14.2 Å². The molecule has 0 aromatic carbocycles. The molecule has 0 amide bonds. The summed E-state index contributed by atoms with van der Waals surface area (Å²) in [5, 5.41) is 0. The smallest absolute Gasteiger partial charge is 0.430 e. The number of hydrogen-bond acceptors (Lipinski definition) is 4. The van der Waals surface area contributed by atoms with E-state index < -0.39 is 6.16 Å². The van der Waals surface area contributed by atoms with Crippen LogP contribution in [0.3, 0.4) is 0 Å². The lowest BCUT2D eigenvalue weighted by atomic mass is 10.1. The summed E-state index contributed by atoms with van der Waals surface area (Å²) in [6.07, 6.45) is 1.11. The number of rotatable bonds is 4. The van der Waals surface area contributed by atoms with Crippen LogP contribution in [0.25, 0.3) is 0 Å². The molecule has 1 saturated heterocycles. The summed E-state index contributed by atoms with van der Waals surface area (Å²) in [6.45, 7) is 2.39. The van der Waals surface area contributed by atoms with Gasteiger partial charge in [-0.15, -0.1) is 0 Å². The number of cyclic esters (lactones) is 2. The molecular formula is C8H14O4. The molecule has 1 fully saturated rings. The van der Waals surface area contributed by atoms with Crippen LogP contribution in [0.4, 0.5) is 4.79 Å². The molecular weight excluding hydrogens is 160 g/mol. The molecule has 1 rings (SSSR count). The Kier molecular flexibility index (Phi) is 3.34. The van der Waals surface area contributed by atoms with Crippen LogP contribution in [-0.4, -0.2) is 32.1 Å². The average Bonchev–Trinajstić information content (AvgIpc) is 2.47. The second kappa shape index (κ2) is 4.30. The Morgan fingerprint density at radius 3 is 2.92 bits per heavy atom. The fourth-order valence-electron chi connectivity index (χ4n) is 1.20. The van der Waals surface area contributed by atoms with E-state index in [1.54, 1.807) is 7.11 Å². The summed E-state index contributed by atoms with van der Waals surface area (Å²) in [5.74, 6) is 0. The molecule has 0 aromatic heterocycles. The summed E-state index contributed by atoms with van der Waals surface area (Å²) >= 11 is 0. The van der Waals surface area contributed by atoms with E-state index in [0.29, 0.717) is 6.61 Å². The molecule has 1 heterocycles. The van der Waals surface area contributed by atoms with Gasteiger partial charge in [-0.3, -0.25) is 0 Å². The van der Waals surface area contributed by atoms with E-state index in [1.165, 1.54) is 0 Å². The lowest BCUT2D eigenvalue weighted by molar-refractivity contribution is 0.0491. The van der Waals surface area contributed by atoms with E-state index >= 15 is 0 Å². The third-order valence-corrected chi connectivity index (χ3v) is 1.96. The Hall–Kier alpha value is -0.770. The maximum atomic E-state index is 10.5. The van der Waals surface area contributed by atoms with Crippen LogP contribution in [0.5, 0.6) is 0 Å². The zero-order valence-electron chi connectivity index (χ0n) is 7.41. The van der Waals surface area contributed by atoms with Crippen molar-refractivity contribution in [3.8, 4) is 0 Å². The Morgan fingerprint density at radius 1 is 1.75 bits per heavy atom. The minimum atomic E-state index is -0.564. The highest BCUT2D eigenvalue weighted by atomic mass is 16.8. The molecule has 1 aliphatic heterocycles. The maximum Gasteiger partial charge on any atom is 0.508 e. The van der Waals surface area contributed by atoms with Crippen molar-refractivity contribution in [3.05, 3.63) is 0 Å². The van der Waals surface area contributed by atoms with Crippen molar-refractivity contribution in [2.24, 2.45) is 0 Å².